The molecule has 0 unspecified atom stereocenters. The second kappa shape index (κ2) is 10.9. The molecule has 0 spiro atoms. The smallest absolute Gasteiger partial charge is 0.486 e. The van der Waals surface area contributed by atoms with Crippen molar-refractivity contribution in [3.05, 3.63) is 65.5 Å². The van der Waals surface area contributed by atoms with Crippen molar-refractivity contribution in [3.63, 3.8) is 0 Å². The Balaban J connectivity index is 0.000000479. The van der Waals surface area contributed by atoms with Gasteiger partial charge in [0.05, 0.1) is 12.8 Å². The zero-order valence-corrected chi connectivity index (χ0v) is 18.4. The van der Waals surface area contributed by atoms with E-state index in [-0.39, 0.29) is 24.8 Å². The van der Waals surface area contributed by atoms with Gasteiger partial charge in [0, 0.05) is 19.0 Å². The number of carboxylic acid groups (broad SMARTS) is 1. The van der Waals surface area contributed by atoms with Crippen molar-refractivity contribution < 1.29 is 40.6 Å². The summed E-state index contributed by atoms with van der Waals surface area (Å²) in [5.74, 6) is -3.13. The van der Waals surface area contributed by atoms with Gasteiger partial charge in [0.1, 0.15) is 6.10 Å². The molecule has 1 heterocycles. The third kappa shape index (κ3) is 7.98. The van der Waals surface area contributed by atoms with E-state index in [0.29, 0.717) is 13.0 Å². The molecule has 0 aliphatic carbocycles. The summed E-state index contributed by atoms with van der Waals surface area (Å²) in [6, 6.07) is 14.2. The molecular formula is C21H24F4N2O5S. The van der Waals surface area contributed by atoms with Gasteiger partial charge in [-0.3, -0.25) is 0 Å². The number of ether oxygens (including phenoxy) is 1. The molecule has 2 aromatic carbocycles. The normalized spacial score (nSPS) is 19.3. The molecule has 3 rings (SSSR count). The fourth-order valence-electron chi connectivity index (χ4n) is 3.28. The van der Waals surface area contributed by atoms with Crippen LogP contribution in [0, 0.1) is 5.82 Å². The molecule has 1 fully saturated rings. The van der Waals surface area contributed by atoms with Crippen LogP contribution < -0.4 is 10.5 Å². The van der Waals surface area contributed by atoms with Crippen molar-refractivity contribution in [2.75, 3.05) is 19.3 Å². The number of hydrogen-bond acceptors (Lipinski definition) is 5. The van der Waals surface area contributed by atoms with Crippen molar-refractivity contribution >= 4 is 16.0 Å². The summed E-state index contributed by atoms with van der Waals surface area (Å²) < 4.78 is 77.3. The fraction of sp³-hybridized carbons (Fsp3) is 0.381. The van der Waals surface area contributed by atoms with Crippen molar-refractivity contribution in [2.45, 2.75) is 31.2 Å². The van der Waals surface area contributed by atoms with E-state index in [1.165, 1.54) is 16.6 Å². The lowest BCUT2D eigenvalue weighted by molar-refractivity contribution is -0.192. The first-order valence-electron chi connectivity index (χ1n) is 9.76. The molecule has 2 aromatic rings. The van der Waals surface area contributed by atoms with E-state index in [2.05, 4.69) is 0 Å². The van der Waals surface area contributed by atoms with Crippen LogP contribution in [0.5, 0.6) is 5.75 Å². The quantitative estimate of drug-likeness (QED) is 0.621. The summed E-state index contributed by atoms with van der Waals surface area (Å²) >= 11 is 0. The van der Waals surface area contributed by atoms with E-state index < -0.39 is 34.1 Å². The molecule has 1 aliphatic rings. The number of hydrogen-bond donors (Lipinski definition) is 2. The molecule has 182 valence electrons. The number of nitrogens with two attached hydrogens (primary N) is 1. The predicted molar refractivity (Wildman–Crippen MR) is 113 cm³/mol. The average molecular weight is 492 g/mol. The van der Waals surface area contributed by atoms with Crippen LogP contribution >= 0.6 is 0 Å². The second-order valence-corrected chi connectivity index (χ2v) is 9.42. The molecule has 1 aliphatic heterocycles. The Morgan fingerprint density at radius 2 is 1.79 bits per heavy atom. The highest BCUT2D eigenvalue weighted by Crippen LogP contribution is 2.31. The largest absolute Gasteiger partial charge is 0.490 e. The fourth-order valence-corrected chi connectivity index (χ4v) is 4.17. The van der Waals surface area contributed by atoms with Gasteiger partial charge in [-0.25, -0.2) is 17.6 Å². The Bertz CT molecular complexity index is 1050. The first-order valence-corrected chi connectivity index (χ1v) is 11.6. The van der Waals surface area contributed by atoms with Gasteiger partial charge < -0.3 is 15.6 Å². The molecule has 0 radical (unpaired) electrons. The molecule has 1 saturated heterocycles. The lowest BCUT2D eigenvalue weighted by Gasteiger charge is -2.36. The minimum atomic E-state index is -5.08. The standard InChI is InChI=1S/C19H23FN2O3S.C2HF3O2/c1-26(23,24)22-12-16(15-5-3-2-4-6-15)10-17(13-22)25-19-9-14(11-21)7-8-18(19)20;3-2(4,5)1(6)7/h2-9,16-17H,10-13,21H2,1H3;(H,6,7)/t16-,17-;/m0./s1. The highest BCUT2D eigenvalue weighted by molar-refractivity contribution is 7.88. The van der Waals surface area contributed by atoms with E-state index in [1.54, 1.807) is 12.1 Å². The number of rotatable bonds is 5. The van der Waals surface area contributed by atoms with Crippen LogP contribution in [0.3, 0.4) is 0 Å². The van der Waals surface area contributed by atoms with E-state index in [9.17, 15) is 26.0 Å². The summed E-state index contributed by atoms with van der Waals surface area (Å²) in [6.07, 6.45) is -3.72. The zero-order chi connectivity index (χ0) is 24.8. The minimum absolute atomic E-state index is 0.00886. The van der Waals surface area contributed by atoms with Crippen LogP contribution in [0.1, 0.15) is 23.5 Å². The number of benzene rings is 2. The van der Waals surface area contributed by atoms with Crippen LogP contribution in [0.4, 0.5) is 17.6 Å². The first kappa shape index (κ1) is 26.6. The SMILES string of the molecule is CS(=O)(=O)N1C[C@@H](Oc2cc(CN)ccc2F)C[C@H](c2ccccc2)C1.O=C(O)C(F)(F)F. The lowest BCUT2D eigenvalue weighted by atomic mass is 9.90. The maximum atomic E-state index is 14.1. The van der Waals surface area contributed by atoms with Gasteiger partial charge in [0.25, 0.3) is 0 Å². The Labute approximate surface area is 188 Å². The molecule has 7 nitrogen and oxygen atoms in total. The van der Waals surface area contributed by atoms with Gasteiger partial charge in [-0.1, -0.05) is 36.4 Å². The third-order valence-corrected chi connectivity index (χ3v) is 6.12. The highest BCUT2D eigenvalue weighted by atomic mass is 32.2. The summed E-state index contributed by atoms with van der Waals surface area (Å²) in [5, 5.41) is 7.12. The molecule has 2 atom stereocenters. The van der Waals surface area contributed by atoms with E-state index in [4.69, 9.17) is 20.4 Å². The van der Waals surface area contributed by atoms with Crippen molar-refractivity contribution in [1.29, 1.82) is 0 Å². The average Bonchev–Trinajstić information content (AvgIpc) is 2.75. The summed E-state index contributed by atoms with van der Waals surface area (Å²) in [7, 11) is -3.38. The Kier molecular flexibility index (Phi) is 8.81. The molecule has 0 aromatic heterocycles. The van der Waals surface area contributed by atoms with Crippen molar-refractivity contribution in [3.8, 4) is 5.75 Å². The van der Waals surface area contributed by atoms with Crippen molar-refractivity contribution in [2.24, 2.45) is 5.73 Å². The van der Waals surface area contributed by atoms with Crippen molar-refractivity contribution in [1.82, 2.24) is 4.31 Å². The van der Waals surface area contributed by atoms with Crippen LogP contribution in [0.15, 0.2) is 48.5 Å². The summed E-state index contributed by atoms with van der Waals surface area (Å²) in [4.78, 5) is 8.90. The molecule has 0 bridgehead atoms. The summed E-state index contributed by atoms with van der Waals surface area (Å²) in [5.41, 5.74) is 7.42. The van der Waals surface area contributed by atoms with Crippen LogP contribution in [0.2, 0.25) is 0 Å². The Morgan fingerprint density at radius 3 is 2.30 bits per heavy atom. The zero-order valence-electron chi connectivity index (χ0n) is 17.6. The van der Waals surface area contributed by atoms with Crippen LogP contribution in [0.25, 0.3) is 0 Å². The maximum absolute atomic E-state index is 14.1. The lowest BCUT2D eigenvalue weighted by Crippen LogP contribution is -2.47. The van der Waals surface area contributed by atoms with Gasteiger partial charge in [0.15, 0.2) is 11.6 Å². The molecule has 12 heteroatoms. The van der Waals surface area contributed by atoms with Gasteiger partial charge in [-0.05, 0) is 29.7 Å². The second-order valence-electron chi connectivity index (χ2n) is 7.43. The predicted octanol–water partition coefficient (Wildman–Crippen LogP) is 3.11. The van der Waals surface area contributed by atoms with Crippen LogP contribution in [-0.4, -0.2) is 55.4 Å². The summed E-state index contributed by atoms with van der Waals surface area (Å²) in [6.45, 7) is 0.881. The van der Waals surface area contributed by atoms with E-state index in [0.717, 1.165) is 11.1 Å². The minimum Gasteiger partial charge on any atom is -0.486 e. The topological polar surface area (TPSA) is 110 Å². The Hall–Kier alpha value is -2.70. The molecule has 33 heavy (non-hydrogen) atoms. The number of nitrogens with zero attached hydrogens (tertiary/aromatic N) is 1. The molecular weight excluding hydrogens is 468 g/mol. The van der Waals surface area contributed by atoms with Gasteiger partial charge in [-0.2, -0.15) is 17.5 Å². The first-order chi connectivity index (χ1) is 15.3. The number of carboxylic acids is 1. The molecule has 0 saturated carbocycles. The van der Waals surface area contributed by atoms with E-state index in [1.807, 2.05) is 30.3 Å². The maximum Gasteiger partial charge on any atom is 0.490 e. The van der Waals surface area contributed by atoms with E-state index >= 15 is 0 Å². The number of sulfonamides is 1. The Morgan fingerprint density at radius 1 is 1.18 bits per heavy atom. The van der Waals surface area contributed by atoms with Crippen LogP contribution in [-0.2, 0) is 21.4 Å². The molecule has 3 N–H and O–H groups in total. The van der Waals surface area contributed by atoms with Gasteiger partial charge >= 0.3 is 12.1 Å². The number of halogens is 4. The van der Waals surface area contributed by atoms with Gasteiger partial charge in [0.2, 0.25) is 10.0 Å². The highest BCUT2D eigenvalue weighted by Gasteiger charge is 2.38. The number of carbonyl (C=O) groups is 1. The monoisotopic (exact) mass is 492 g/mol. The van der Waals surface area contributed by atoms with Gasteiger partial charge in [-0.15, -0.1) is 0 Å². The number of piperidine rings is 1. The number of aliphatic carboxylic acids is 1. The number of alkyl halides is 3. The molecule has 0 amide bonds. The third-order valence-electron chi connectivity index (χ3n) is 4.89.